The Balaban J connectivity index is 2.41. The van der Waals surface area contributed by atoms with Crippen LogP contribution in [0.3, 0.4) is 0 Å². The first kappa shape index (κ1) is 18.3. The van der Waals surface area contributed by atoms with E-state index in [-0.39, 0.29) is 0 Å². The molecule has 2 rings (SSSR count). The molecule has 128 valence electrons. The fourth-order valence-electron chi connectivity index (χ4n) is 3.01. The van der Waals surface area contributed by atoms with Gasteiger partial charge in [-0.15, -0.1) is 0 Å². The van der Waals surface area contributed by atoms with Crippen molar-refractivity contribution in [3.8, 4) is 5.75 Å². The molecule has 2 aromatic carbocycles. The molecule has 0 aliphatic heterocycles. The van der Waals surface area contributed by atoms with Crippen molar-refractivity contribution in [3.05, 3.63) is 58.7 Å². The molecule has 0 saturated carbocycles. The Bertz CT molecular complexity index is 671. The molecule has 0 N–H and O–H groups in total. The van der Waals surface area contributed by atoms with Crippen LogP contribution in [0.25, 0.3) is 0 Å². The Morgan fingerprint density at radius 2 is 1.17 bits per heavy atom. The maximum atomic E-state index is 6.21. The molecular formula is C22H29NO. The van der Waals surface area contributed by atoms with Crippen LogP contribution in [0.1, 0.15) is 56.9 Å². The van der Waals surface area contributed by atoms with Crippen molar-refractivity contribution >= 4 is 11.6 Å². The Hall–Kier alpha value is -2.09. The smallest absolute Gasteiger partial charge is 0.192 e. The minimum atomic E-state index is 0.709. The van der Waals surface area contributed by atoms with Gasteiger partial charge in [0, 0.05) is 6.92 Å². The lowest BCUT2D eigenvalue weighted by atomic mass is 10.0. The first-order valence-electron chi connectivity index (χ1n) is 9.09. The topological polar surface area (TPSA) is 21.6 Å². The summed E-state index contributed by atoms with van der Waals surface area (Å²) in [5.41, 5.74) is 6.10. The highest BCUT2D eigenvalue weighted by Gasteiger charge is 2.11. The van der Waals surface area contributed by atoms with Crippen LogP contribution in [0.2, 0.25) is 0 Å². The number of aryl methyl sites for hydroxylation is 4. The van der Waals surface area contributed by atoms with Gasteiger partial charge in [0.05, 0.1) is 5.69 Å². The lowest BCUT2D eigenvalue weighted by Gasteiger charge is -2.15. The van der Waals surface area contributed by atoms with E-state index in [0.717, 1.165) is 37.1 Å². The molecule has 0 atom stereocenters. The van der Waals surface area contributed by atoms with Crippen LogP contribution in [0.4, 0.5) is 5.69 Å². The zero-order valence-electron chi connectivity index (χ0n) is 15.6. The Kier molecular flexibility index (Phi) is 6.60. The third kappa shape index (κ3) is 4.05. The van der Waals surface area contributed by atoms with Gasteiger partial charge in [0.15, 0.2) is 5.90 Å². The van der Waals surface area contributed by atoms with Crippen molar-refractivity contribution < 1.29 is 4.74 Å². The highest BCUT2D eigenvalue weighted by molar-refractivity contribution is 5.81. The minimum Gasteiger partial charge on any atom is -0.443 e. The first-order valence-corrected chi connectivity index (χ1v) is 9.09. The van der Waals surface area contributed by atoms with Gasteiger partial charge in [0.2, 0.25) is 0 Å². The van der Waals surface area contributed by atoms with Crippen LogP contribution in [-0.4, -0.2) is 5.90 Å². The van der Waals surface area contributed by atoms with Gasteiger partial charge in [0.25, 0.3) is 0 Å². The van der Waals surface area contributed by atoms with Gasteiger partial charge >= 0.3 is 0 Å². The zero-order valence-corrected chi connectivity index (χ0v) is 15.6. The Morgan fingerprint density at radius 3 is 1.58 bits per heavy atom. The molecule has 0 radical (unpaired) electrons. The van der Waals surface area contributed by atoms with Gasteiger partial charge in [-0.05, 0) is 47.9 Å². The van der Waals surface area contributed by atoms with E-state index < -0.39 is 0 Å². The first-order chi connectivity index (χ1) is 11.6. The molecule has 0 bridgehead atoms. The molecule has 2 nitrogen and oxygen atoms in total. The van der Waals surface area contributed by atoms with E-state index in [0.29, 0.717) is 5.90 Å². The van der Waals surface area contributed by atoms with Gasteiger partial charge in [-0.3, -0.25) is 0 Å². The summed E-state index contributed by atoms with van der Waals surface area (Å²) in [5, 5.41) is 0. The number of benzene rings is 2. The van der Waals surface area contributed by atoms with Crippen molar-refractivity contribution in [2.24, 2.45) is 4.99 Å². The van der Waals surface area contributed by atoms with Crippen molar-refractivity contribution in [1.29, 1.82) is 0 Å². The molecular weight excluding hydrogens is 294 g/mol. The zero-order chi connectivity index (χ0) is 17.5. The molecule has 0 spiro atoms. The molecule has 0 amide bonds. The predicted molar refractivity (Wildman–Crippen MR) is 104 cm³/mol. The van der Waals surface area contributed by atoms with E-state index in [4.69, 9.17) is 9.73 Å². The number of rotatable bonds is 6. The molecule has 0 aliphatic carbocycles. The van der Waals surface area contributed by atoms with Crippen molar-refractivity contribution in [2.45, 2.75) is 60.3 Å². The molecule has 2 aromatic rings. The van der Waals surface area contributed by atoms with Crippen LogP contribution in [0.15, 0.2) is 41.4 Å². The summed E-state index contributed by atoms with van der Waals surface area (Å²) in [6.07, 6.45) is 3.88. The van der Waals surface area contributed by atoms with Crippen LogP contribution >= 0.6 is 0 Å². The van der Waals surface area contributed by atoms with E-state index in [2.05, 4.69) is 64.1 Å². The summed E-state index contributed by atoms with van der Waals surface area (Å²) in [4.78, 5) is 4.84. The fourth-order valence-corrected chi connectivity index (χ4v) is 3.01. The van der Waals surface area contributed by atoms with Crippen LogP contribution in [-0.2, 0) is 25.7 Å². The number of aliphatic imine (C=N–C) groups is 1. The molecule has 0 unspecified atom stereocenters. The number of para-hydroxylation sites is 2. The normalized spacial score (nSPS) is 11.6. The third-order valence-electron chi connectivity index (χ3n) is 4.42. The molecule has 2 heteroatoms. The van der Waals surface area contributed by atoms with E-state index in [1.165, 1.54) is 22.3 Å². The number of hydrogen-bond donors (Lipinski definition) is 0. The lowest BCUT2D eigenvalue weighted by molar-refractivity contribution is 0.532. The number of hydrogen-bond acceptors (Lipinski definition) is 2. The monoisotopic (exact) mass is 323 g/mol. The molecule has 0 heterocycles. The largest absolute Gasteiger partial charge is 0.443 e. The second kappa shape index (κ2) is 8.68. The standard InChI is InChI=1S/C22H29NO/c1-6-17-12-10-13-18(7-2)21(17)23-16(5)24-22-19(8-3)14-11-15-20(22)9-4/h10-15H,6-9H2,1-5H3. The number of nitrogens with zero attached hydrogens (tertiary/aromatic N) is 1. The van der Waals surface area contributed by atoms with Gasteiger partial charge in [-0.1, -0.05) is 64.1 Å². The summed E-state index contributed by atoms with van der Waals surface area (Å²) in [6, 6.07) is 12.8. The summed E-state index contributed by atoms with van der Waals surface area (Å²) in [6.45, 7) is 10.6. The molecule has 24 heavy (non-hydrogen) atoms. The van der Waals surface area contributed by atoms with Crippen LogP contribution < -0.4 is 4.74 Å². The maximum absolute atomic E-state index is 6.21. The van der Waals surface area contributed by atoms with E-state index in [9.17, 15) is 0 Å². The molecule has 0 fully saturated rings. The average Bonchev–Trinajstić information content (AvgIpc) is 2.61. The van der Waals surface area contributed by atoms with Gasteiger partial charge < -0.3 is 4.74 Å². The summed E-state index contributed by atoms with van der Waals surface area (Å²) >= 11 is 0. The average molecular weight is 323 g/mol. The highest BCUT2D eigenvalue weighted by atomic mass is 16.5. The Morgan fingerprint density at radius 1 is 0.750 bits per heavy atom. The Labute approximate surface area is 146 Å². The molecule has 0 aromatic heterocycles. The van der Waals surface area contributed by atoms with Crippen molar-refractivity contribution in [3.63, 3.8) is 0 Å². The summed E-state index contributed by atoms with van der Waals surface area (Å²) in [5.74, 6) is 1.69. The van der Waals surface area contributed by atoms with Gasteiger partial charge in [0.1, 0.15) is 5.75 Å². The molecule has 0 saturated heterocycles. The third-order valence-corrected chi connectivity index (χ3v) is 4.42. The van der Waals surface area contributed by atoms with E-state index >= 15 is 0 Å². The second-order valence-electron chi connectivity index (χ2n) is 5.98. The van der Waals surface area contributed by atoms with Crippen molar-refractivity contribution in [2.75, 3.05) is 0 Å². The minimum absolute atomic E-state index is 0.709. The lowest BCUT2D eigenvalue weighted by Crippen LogP contribution is -2.07. The highest BCUT2D eigenvalue weighted by Crippen LogP contribution is 2.28. The maximum Gasteiger partial charge on any atom is 0.192 e. The van der Waals surface area contributed by atoms with Gasteiger partial charge in [-0.25, -0.2) is 4.99 Å². The SMILES string of the molecule is CCc1cccc(CC)c1N=C(C)Oc1c(CC)cccc1CC. The second-order valence-corrected chi connectivity index (χ2v) is 5.98. The van der Waals surface area contributed by atoms with Crippen molar-refractivity contribution in [1.82, 2.24) is 0 Å². The van der Waals surface area contributed by atoms with E-state index in [1.54, 1.807) is 0 Å². The predicted octanol–water partition coefficient (Wildman–Crippen LogP) is 6.07. The van der Waals surface area contributed by atoms with Crippen LogP contribution in [0.5, 0.6) is 5.75 Å². The van der Waals surface area contributed by atoms with Gasteiger partial charge in [-0.2, -0.15) is 0 Å². The fraction of sp³-hybridized carbons (Fsp3) is 0.409. The summed E-state index contributed by atoms with van der Waals surface area (Å²) in [7, 11) is 0. The molecule has 0 aliphatic rings. The quantitative estimate of drug-likeness (QED) is 0.467. The van der Waals surface area contributed by atoms with Crippen LogP contribution in [0, 0.1) is 0 Å². The summed E-state index contributed by atoms with van der Waals surface area (Å²) < 4.78 is 6.21. The number of ether oxygens (including phenoxy) is 1. The van der Waals surface area contributed by atoms with E-state index in [1.807, 2.05) is 6.92 Å².